The van der Waals surface area contributed by atoms with Crippen LogP contribution in [0, 0.1) is 11.7 Å². The summed E-state index contributed by atoms with van der Waals surface area (Å²) in [5.74, 6) is 0.0945. The standard InChI is InChI=1S/C26H23ClFN3O2/c1-16(32)31(13-17-2-3-17)25-9-6-18(11-23(25)27)24-8-5-19(12-29-24)26(33)30-14-20-4-7-22(28)10-21(20)15-30/h4-12,17H,2-3,13-15H2,1H3. The van der Waals surface area contributed by atoms with Gasteiger partial charge in [-0.25, -0.2) is 4.39 Å². The average Bonchev–Trinajstić information content (AvgIpc) is 3.53. The van der Waals surface area contributed by atoms with E-state index in [0.717, 1.165) is 29.5 Å². The molecule has 0 atom stereocenters. The molecule has 2 aliphatic rings. The number of nitrogens with zero attached hydrogens (tertiary/aromatic N) is 3. The number of anilines is 1. The van der Waals surface area contributed by atoms with Crippen LogP contribution in [0.15, 0.2) is 54.7 Å². The number of benzene rings is 2. The first kappa shape index (κ1) is 21.6. The molecule has 0 bridgehead atoms. The minimum absolute atomic E-state index is 0.0238. The van der Waals surface area contributed by atoms with Crippen LogP contribution in [0.1, 0.15) is 41.3 Å². The Labute approximate surface area is 196 Å². The highest BCUT2D eigenvalue weighted by atomic mass is 35.5. The summed E-state index contributed by atoms with van der Waals surface area (Å²) in [4.78, 5) is 32.9. The van der Waals surface area contributed by atoms with E-state index in [0.29, 0.717) is 47.5 Å². The van der Waals surface area contributed by atoms with Crippen LogP contribution in [0.5, 0.6) is 0 Å². The number of aromatic nitrogens is 1. The molecule has 168 valence electrons. The highest BCUT2D eigenvalue weighted by Crippen LogP contribution is 2.35. The van der Waals surface area contributed by atoms with Crippen molar-refractivity contribution in [1.82, 2.24) is 9.88 Å². The van der Waals surface area contributed by atoms with Gasteiger partial charge in [0.25, 0.3) is 5.91 Å². The molecule has 1 aromatic heterocycles. The first-order valence-corrected chi connectivity index (χ1v) is 11.4. The smallest absolute Gasteiger partial charge is 0.256 e. The van der Waals surface area contributed by atoms with Crippen molar-refractivity contribution in [2.45, 2.75) is 32.9 Å². The molecule has 1 fully saturated rings. The van der Waals surface area contributed by atoms with Crippen LogP contribution in [0.25, 0.3) is 11.3 Å². The molecule has 3 aromatic rings. The van der Waals surface area contributed by atoms with Crippen LogP contribution >= 0.6 is 11.6 Å². The minimum atomic E-state index is -0.294. The van der Waals surface area contributed by atoms with Gasteiger partial charge in [-0.05, 0) is 66.3 Å². The molecule has 1 aliphatic carbocycles. The van der Waals surface area contributed by atoms with E-state index in [9.17, 15) is 14.0 Å². The summed E-state index contributed by atoms with van der Waals surface area (Å²) in [6, 6.07) is 13.7. The second kappa shape index (κ2) is 8.60. The third kappa shape index (κ3) is 4.48. The van der Waals surface area contributed by atoms with Crippen LogP contribution in [0.4, 0.5) is 10.1 Å². The number of fused-ring (bicyclic) bond motifs is 1. The van der Waals surface area contributed by atoms with Crippen molar-refractivity contribution < 1.29 is 14.0 Å². The predicted octanol–water partition coefficient (Wildman–Crippen LogP) is 5.46. The Kier molecular flexibility index (Phi) is 5.62. The second-order valence-electron chi connectivity index (χ2n) is 8.75. The quantitative estimate of drug-likeness (QED) is 0.505. The van der Waals surface area contributed by atoms with Crippen molar-refractivity contribution in [2.24, 2.45) is 5.92 Å². The summed E-state index contributed by atoms with van der Waals surface area (Å²) < 4.78 is 13.5. The van der Waals surface area contributed by atoms with Gasteiger partial charge < -0.3 is 9.80 Å². The highest BCUT2D eigenvalue weighted by Gasteiger charge is 2.28. The first-order valence-electron chi connectivity index (χ1n) is 11.0. The molecule has 2 heterocycles. The van der Waals surface area contributed by atoms with Crippen molar-refractivity contribution >= 4 is 29.1 Å². The zero-order valence-electron chi connectivity index (χ0n) is 18.2. The van der Waals surface area contributed by atoms with Crippen molar-refractivity contribution in [3.8, 4) is 11.3 Å². The molecule has 2 aromatic carbocycles. The lowest BCUT2D eigenvalue weighted by Crippen LogP contribution is -2.30. The molecule has 0 spiro atoms. The number of amides is 2. The van der Waals surface area contributed by atoms with Crippen molar-refractivity contribution in [1.29, 1.82) is 0 Å². The van der Waals surface area contributed by atoms with Crippen molar-refractivity contribution in [3.05, 3.63) is 82.3 Å². The van der Waals surface area contributed by atoms with Gasteiger partial charge in [0.2, 0.25) is 5.91 Å². The van der Waals surface area contributed by atoms with Gasteiger partial charge in [0.1, 0.15) is 5.82 Å². The van der Waals surface area contributed by atoms with Crippen LogP contribution in [0.2, 0.25) is 5.02 Å². The van der Waals surface area contributed by atoms with Gasteiger partial charge in [-0.1, -0.05) is 23.7 Å². The Balaban J connectivity index is 1.32. The Morgan fingerprint density at radius 1 is 1.09 bits per heavy atom. The lowest BCUT2D eigenvalue weighted by atomic mass is 10.1. The monoisotopic (exact) mass is 463 g/mol. The lowest BCUT2D eigenvalue weighted by molar-refractivity contribution is -0.116. The molecule has 7 heteroatoms. The fourth-order valence-electron chi connectivity index (χ4n) is 4.22. The van der Waals surface area contributed by atoms with Crippen LogP contribution < -0.4 is 4.90 Å². The van der Waals surface area contributed by atoms with Gasteiger partial charge >= 0.3 is 0 Å². The van der Waals surface area contributed by atoms with Gasteiger partial charge in [-0.15, -0.1) is 0 Å². The summed E-state index contributed by atoms with van der Waals surface area (Å²) >= 11 is 6.54. The number of hydrogen-bond acceptors (Lipinski definition) is 3. The topological polar surface area (TPSA) is 53.5 Å². The molecule has 0 unspecified atom stereocenters. The maximum absolute atomic E-state index is 13.5. The summed E-state index contributed by atoms with van der Waals surface area (Å²) in [5, 5.41) is 0.493. The van der Waals surface area contributed by atoms with Gasteiger partial charge in [0, 0.05) is 38.3 Å². The van der Waals surface area contributed by atoms with Crippen LogP contribution in [0.3, 0.4) is 0 Å². The molecule has 5 nitrogen and oxygen atoms in total. The Morgan fingerprint density at radius 2 is 1.88 bits per heavy atom. The number of pyridine rings is 1. The Hall–Kier alpha value is -3.25. The molecule has 2 amide bonds. The molecular weight excluding hydrogens is 441 g/mol. The van der Waals surface area contributed by atoms with E-state index in [1.54, 1.807) is 47.2 Å². The van der Waals surface area contributed by atoms with Gasteiger partial charge in [-0.2, -0.15) is 0 Å². The maximum Gasteiger partial charge on any atom is 0.256 e. The van der Waals surface area contributed by atoms with Crippen molar-refractivity contribution in [2.75, 3.05) is 11.4 Å². The number of rotatable bonds is 5. The molecule has 1 aliphatic heterocycles. The second-order valence-corrected chi connectivity index (χ2v) is 9.15. The summed E-state index contributed by atoms with van der Waals surface area (Å²) in [5.41, 5.74) is 4.47. The summed E-state index contributed by atoms with van der Waals surface area (Å²) in [6.45, 7) is 3.09. The van der Waals surface area contributed by atoms with E-state index in [-0.39, 0.29) is 17.6 Å². The normalized spacial score (nSPS) is 14.8. The highest BCUT2D eigenvalue weighted by molar-refractivity contribution is 6.34. The van der Waals surface area contributed by atoms with Crippen LogP contribution in [-0.2, 0) is 17.9 Å². The van der Waals surface area contributed by atoms with E-state index < -0.39 is 0 Å². The molecule has 0 radical (unpaired) electrons. The number of carbonyl (C=O) groups excluding carboxylic acids is 2. The number of halogens is 2. The zero-order chi connectivity index (χ0) is 23.1. The SMILES string of the molecule is CC(=O)N(CC1CC1)c1ccc(-c2ccc(C(=O)N3Cc4ccc(F)cc4C3)cn2)cc1Cl. The minimum Gasteiger partial charge on any atom is -0.330 e. The summed E-state index contributed by atoms with van der Waals surface area (Å²) in [6.07, 6.45) is 3.85. The van der Waals surface area contributed by atoms with Gasteiger partial charge in [0.15, 0.2) is 0 Å². The van der Waals surface area contributed by atoms with Gasteiger partial charge in [0.05, 0.1) is 22.0 Å². The van der Waals surface area contributed by atoms with E-state index >= 15 is 0 Å². The molecule has 0 saturated heterocycles. The fourth-order valence-corrected chi connectivity index (χ4v) is 4.50. The third-order valence-corrected chi connectivity index (χ3v) is 6.54. The largest absolute Gasteiger partial charge is 0.330 e. The van der Waals surface area contributed by atoms with Crippen LogP contribution in [-0.4, -0.2) is 28.2 Å². The molecular formula is C26H23ClFN3O2. The molecule has 1 saturated carbocycles. The third-order valence-electron chi connectivity index (χ3n) is 6.24. The number of hydrogen-bond donors (Lipinski definition) is 0. The maximum atomic E-state index is 13.5. The summed E-state index contributed by atoms with van der Waals surface area (Å²) in [7, 11) is 0. The fraction of sp³-hybridized carbons (Fsp3) is 0.269. The Bertz CT molecular complexity index is 1240. The zero-order valence-corrected chi connectivity index (χ0v) is 19.0. The number of carbonyl (C=O) groups is 2. The lowest BCUT2D eigenvalue weighted by Gasteiger charge is -2.22. The van der Waals surface area contributed by atoms with E-state index in [1.165, 1.54) is 12.1 Å². The Morgan fingerprint density at radius 3 is 2.55 bits per heavy atom. The predicted molar refractivity (Wildman–Crippen MR) is 125 cm³/mol. The van der Waals surface area contributed by atoms with E-state index in [4.69, 9.17) is 11.6 Å². The molecule has 5 rings (SSSR count). The molecule has 33 heavy (non-hydrogen) atoms. The average molecular weight is 464 g/mol. The van der Waals surface area contributed by atoms with Gasteiger partial charge in [-0.3, -0.25) is 14.6 Å². The van der Waals surface area contributed by atoms with Crippen molar-refractivity contribution in [3.63, 3.8) is 0 Å². The first-order chi connectivity index (χ1) is 15.9. The molecule has 0 N–H and O–H groups in total. The van der Waals surface area contributed by atoms with E-state index in [2.05, 4.69) is 4.98 Å². The van der Waals surface area contributed by atoms with E-state index in [1.807, 2.05) is 12.1 Å².